The molecule has 0 heterocycles. The van der Waals surface area contributed by atoms with Crippen LogP contribution in [0.4, 0.5) is 4.39 Å². The molecule has 0 bridgehead atoms. The van der Waals surface area contributed by atoms with E-state index in [4.69, 9.17) is 11.5 Å². The maximum Gasteiger partial charge on any atom is 0.152 e. The quantitative estimate of drug-likeness (QED) is 0.798. The van der Waals surface area contributed by atoms with Gasteiger partial charge in [0.15, 0.2) is 9.84 Å². The van der Waals surface area contributed by atoms with E-state index in [-0.39, 0.29) is 6.54 Å². The summed E-state index contributed by atoms with van der Waals surface area (Å²) in [5.41, 5.74) is 11.1. The van der Waals surface area contributed by atoms with Crippen LogP contribution in [0.1, 0.15) is 11.5 Å². The lowest BCUT2D eigenvalue weighted by Gasteiger charge is -2.07. The molecule has 0 spiro atoms. The molecule has 1 aromatic carbocycles. The summed E-state index contributed by atoms with van der Waals surface area (Å²) < 4.78 is 36.3. The standard InChI is InChI=1S/C11H15FN2O2S/c1-17(15,16)10-9(11(10,14)6-13)7-3-2-4-8(12)5-7/h2-5,9-10H,6,13-14H2,1H3/t9-,10+,11-/m0/s1. The number of halogens is 1. The third-order valence-corrected chi connectivity index (χ3v) is 4.96. The first-order chi connectivity index (χ1) is 7.80. The molecule has 0 saturated heterocycles. The maximum absolute atomic E-state index is 13.1. The average Bonchev–Trinajstić information content (AvgIpc) is 2.86. The first-order valence-electron chi connectivity index (χ1n) is 5.24. The summed E-state index contributed by atoms with van der Waals surface area (Å²) in [6, 6.07) is 5.84. The number of hydrogen-bond donors (Lipinski definition) is 2. The van der Waals surface area contributed by atoms with E-state index >= 15 is 0 Å². The Labute approximate surface area is 99.7 Å². The first-order valence-corrected chi connectivity index (χ1v) is 7.19. The van der Waals surface area contributed by atoms with Gasteiger partial charge in [0.05, 0.1) is 10.8 Å². The van der Waals surface area contributed by atoms with Crippen molar-refractivity contribution in [1.29, 1.82) is 0 Å². The Morgan fingerprint density at radius 1 is 1.47 bits per heavy atom. The van der Waals surface area contributed by atoms with Crippen LogP contribution in [0.3, 0.4) is 0 Å². The second-order valence-electron chi connectivity index (χ2n) is 4.60. The summed E-state index contributed by atoms with van der Waals surface area (Å²) >= 11 is 0. The molecule has 4 nitrogen and oxygen atoms in total. The molecule has 1 fully saturated rings. The largest absolute Gasteiger partial charge is 0.329 e. The van der Waals surface area contributed by atoms with E-state index in [1.165, 1.54) is 12.1 Å². The van der Waals surface area contributed by atoms with Gasteiger partial charge in [-0.05, 0) is 17.7 Å². The Hall–Kier alpha value is -0.980. The van der Waals surface area contributed by atoms with E-state index < -0.39 is 32.4 Å². The van der Waals surface area contributed by atoms with Gasteiger partial charge in [-0.25, -0.2) is 12.8 Å². The summed E-state index contributed by atoms with van der Waals surface area (Å²) in [6.07, 6.45) is 1.13. The van der Waals surface area contributed by atoms with Gasteiger partial charge in [0.1, 0.15) is 5.82 Å². The molecule has 1 saturated carbocycles. The minimum atomic E-state index is -3.29. The van der Waals surface area contributed by atoms with Crippen LogP contribution in [0.25, 0.3) is 0 Å². The minimum absolute atomic E-state index is 0.0614. The van der Waals surface area contributed by atoms with Crippen LogP contribution in [-0.2, 0) is 9.84 Å². The summed E-state index contributed by atoms with van der Waals surface area (Å²) in [4.78, 5) is 0. The highest BCUT2D eigenvalue weighted by Gasteiger charge is 2.67. The lowest BCUT2D eigenvalue weighted by Crippen LogP contribution is -2.38. The number of sulfone groups is 1. The molecule has 0 unspecified atom stereocenters. The molecule has 1 aliphatic rings. The normalized spacial score (nSPS) is 32.5. The van der Waals surface area contributed by atoms with E-state index in [0.717, 1.165) is 6.26 Å². The molecular weight excluding hydrogens is 243 g/mol. The van der Waals surface area contributed by atoms with Crippen molar-refractivity contribution in [3.05, 3.63) is 35.6 Å². The fourth-order valence-electron chi connectivity index (χ4n) is 2.50. The van der Waals surface area contributed by atoms with Gasteiger partial charge in [0.2, 0.25) is 0 Å². The molecule has 6 heteroatoms. The molecule has 4 N–H and O–H groups in total. The second kappa shape index (κ2) is 3.76. The molecule has 17 heavy (non-hydrogen) atoms. The summed E-state index contributed by atoms with van der Waals surface area (Å²) in [5, 5.41) is -0.721. The van der Waals surface area contributed by atoms with Crippen molar-refractivity contribution >= 4 is 9.84 Å². The highest BCUT2D eigenvalue weighted by atomic mass is 32.2. The van der Waals surface area contributed by atoms with Crippen molar-refractivity contribution in [2.24, 2.45) is 11.5 Å². The van der Waals surface area contributed by atoms with Gasteiger partial charge in [0.25, 0.3) is 0 Å². The SMILES string of the molecule is CS(=O)(=O)[C@@H]1[C@H](c2cccc(F)c2)[C@@]1(N)CN. The van der Waals surface area contributed by atoms with E-state index in [9.17, 15) is 12.8 Å². The van der Waals surface area contributed by atoms with Gasteiger partial charge in [-0.3, -0.25) is 0 Å². The van der Waals surface area contributed by atoms with Gasteiger partial charge in [-0.1, -0.05) is 12.1 Å². The van der Waals surface area contributed by atoms with Gasteiger partial charge in [-0.2, -0.15) is 0 Å². The van der Waals surface area contributed by atoms with Crippen molar-refractivity contribution in [2.75, 3.05) is 12.8 Å². The average molecular weight is 258 g/mol. The Morgan fingerprint density at radius 3 is 2.53 bits per heavy atom. The van der Waals surface area contributed by atoms with Crippen LogP contribution >= 0.6 is 0 Å². The van der Waals surface area contributed by atoms with E-state index in [2.05, 4.69) is 0 Å². The van der Waals surface area contributed by atoms with E-state index in [1.807, 2.05) is 0 Å². The molecule has 3 atom stereocenters. The lowest BCUT2D eigenvalue weighted by atomic mass is 10.1. The number of rotatable bonds is 3. The molecule has 0 amide bonds. The predicted molar refractivity (Wildman–Crippen MR) is 63.7 cm³/mol. The zero-order chi connectivity index (χ0) is 12.8. The smallest absolute Gasteiger partial charge is 0.152 e. The van der Waals surface area contributed by atoms with Gasteiger partial charge in [-0.15, -0.1) is 0 Å². The monoisotopic (exact) mass is 258 g/mol. The molecule has 0 aromatic heterocycles. The van der Waals surface area contributed by atoms with Crippen LogP contribution in [0.5, 0.6) is 0 Å². The van der Waals surface area contributed by atoms with Gasteiger partial charge < -0.3 is 11.5 Å². The van der Waals surface area contributed by atoms with Crippen LogP contribution in [-0.4, -0.2) is 32.0 Å². The molecule has 0 aliphatic heterocycles. The molecule has 1 aromatic rings. The van der Waals surface area contributed by atoms with Crippen LogP contribution in [0.15, 0.2) is 24.3 Å². The van der Waals surface area contributed by atoms with Gasteiger partial charge >= 0.3 is 0 Å². The number of hydrogen-bond acceptors (Lipinski definition) is 4. The first kappa shape index (κ1) is 12.5. The summed E-state index contributed by atoms with van der Waals surface area (Å²) in [7, 11) is -3.29. The topological polar surface area (TPSA) is 86.2 Å². The Bertz CT molecular complexity index is 546. The Morgan fingerprint density at radius 2 is 2.12 bits per heavy atom. The zero-order valence-corrected chi connectivity index (χ0v) is 10.2. The van der Waals surface area contributed by atoms with Crippen molar-refractivity contribution < 1.29 is 12.8 Å². The maximum atomic E-state index is 13.1. The van der Waals surface area contributed by atoms with Crippen molar-refractivity contribution in [3.63, 3.8) is 0 Å². The molecule has 0 radical (unpaired) electrons. The summed E-state index contributed by atoms with van der Waals surface area (Å²) in [5.74, 6) is -0.820. The fraction of sp³-hybridized carbons (Fsp3) is 0.455. The van der Waals surface area contributed by atoms with Crippen LogP contribution in [0.2, 0.25) is 0 Å². The molecular formula is C11H15FN2O2S. The van der Waals surface area contributed by atoms with E-state index in [1.54, 1.807) is 12.1 Å². The lowest BCUT2D eigenvalue weighted by molar-refractivity contribution is 0.591. The second-order valence-corrected chi connectivity index (χ2v) is 6.77. The van der Waals surface area contributed by atoms with E-state index in [0.29, 0.717) is 5.56 Å². The fourth-order valence-corrected chi connectivity index (χ4v) is 4.36. The molecule has 1 aliphatic carbocycles. The zero-order valence-electron chi connectivity index (χ0n) is 9.43. The number of benzene rings is 1. The Kier molecular flexibility index (Phi) is 2.76. The minimum Gasteiger partial charge on any atom is -0.329 e. The van der Waals surface area contributed by atoms with Crippen LogP contribution in [0, 0.1) is 5.82 Å². The summed E-state index contributed by atoms with van der Waals surface area (Å²) in [6.45, 7) is 0.0614. The van der Waals surface area contributed by atoms with Crippen molar-refractivity contribution in [1.82, 2.24) is 0 Å². The third-order valence-electron chi connectivity index (χ3n) is 3.32. The molecule has 2 rings (SSSR count). The highest BCUT2D eigenvalue weighted by molar-refractivity contribution is 7.91. The van der Waals surface area contributed by atoms with Crippen LogP contribution < -0.4 is 11.5 Å². The van der Waals surface area contributed by atoms with Gasteiger partial charge in [0, 0.05) is 18.7 Å². The Balaban J connectivity index is 2.41. The predicted octanol–water partition coefficient (Wildman–Crippen LogP) is -0.00770. The van der Waals surface area contributed by atoms with Crippen molar-refractivity contribution in [2.45, 2.75) is 16.7 Å². The number of nitrogens with two attached hydrogens (primary N) is 2. The molecule has 94 valence electrons. The third kappa shape index (κ3) is 1.96. The highest BCUT2D eigenvalue weighted by Crippen LogP contribution is 2.53. The van der Waals surface area contributed by atoms with Crippen molar-refractivity contribution in [3.8, 4) is 0 Å².